The zero-order chi connectivity index (χ0) is 22.9. The summed E-state index contributed by atoms with van der Waals surface area (Å²) < 4.78 is 5.60. The molecule has 0 bridgehead atoms. The van der Waals surface area contributed by atoms with E-state index >= 15 is 0 Å². The minimum absolute atomic E-state index is 0.0505. The molecule has 6 nitrogen and oxygen atoms in total. The quantitative estimate of drug-likeness (QED) is 0.483. The average molecular weight is 465 g/mol. The van der Waals surface area contributed by atoms with Crippen LogP contribution in [0.4, 0.5) is 5.69 Å². The summed E-state index contributed by atoms with van der Waals surface area (Å²) in [6.45, 7) is 5.24. The highest BCUT2D eigenvalue weighted by Crippen LogP contribution is 2.30. The smallest absolute Gasteiger partial charge is 0.250 e. The Morgan fingerprint density at radius 1 is 0.939 bits per heavy atom. The van der Waals surface area contributed by atoms with Crippen LogP contribution in [0.5, 0.6) is 0 Å². The molecule has 2 aromatic carbocycles. The van der Waals surface area contributed by atoms with E-state index in [0.717, 1.165) is 43.4 Å². The zero-order valence-corrected chi connectivity index (χ0v) is 19.3. The number of amides is 1. The lowest BCUT2D eigenvalue weighted by molar-refractivity contribution is -0.120. The summed E-state index contributed by atoms with van der Waals surface area (Å²) in [6, 6.07) is 22.5. The maximum absolute atomic E-state index is 12.0. The SMILES string of the molecule is O=C(COCCN1CCN(C(c2ccccc2)c2ccc(Cl)cc2)CC1)Nc1ccncc1. The number of piperazine rings is 1. The Kier molecular flexibility index (Phi) is 8.44. The summed E-state index contributed by atoms with van der Waals surface area (Å²) in [5.74, 6) is -0.153. The monoisotopic (exact) mass is 464 g/mol. The van der Waals surface area contributed by atoms with Crippen molar-refractivity contribution in [3.63, 3.8) is 0 Å². The summed E-state index contributed by atoms with van der Waals surface area (Å²) in [4.78, 5) is 20.8. The molecule has 7 heteroatoms. The molecule has 0 saturated carbocycles. The molecule has 3 aromatic rings. The summed E-state index contributed by atoms with van der Waals surface area (Å²) in [5, 5.41) is 3.56. The molecule has 172 valence electrons. The first-order valence-electron chi connectivity index (χ1n) is 11.2. The van der Waals surface area contributed by atoms with E-state index in [-0.39, 0.29) is 18.6 Å². The van der Waals surface area contributed by atoms with Gasteiger partial charge >= 0.3 is 0 Å². The van der Waals surface area contributed by atoms with Crippen molar-refractivity contribution in [2.45, 2.75) is 6.04 Å². The third-order valence-electron chi connectivity index (χ3n) is 5.82. The highest BCUT2D eigenvalue weighted by molar-refractivity contribution is 6.30. The topological polar surface area (TPSA) is 57.7 Å². The van der Waals surface area contributed by atoms with Gasteiger partial charge in [0, 0.05) is 55.8 Å². The van der Waals surface area contributed by atoms with Crippen molar-refractivity contribution in [2.75, 3.05) is 51.3 Å². The number of benzene rings is 2. The van der Waals surface area contributed by atoms with Gasteiger partial charge in [0.15, 0.2) is 0 Å². The van der Waals surface area contributed by atoms with Crippen LogP contribution in [0.1, 0.15) is 17.2 Å². The van der Waals surface area contributed by atoms with Crippen LogP contribution in [0.15, 0.2) is 79.1 Å². The molecule has 1 amide bonds. The Labute approximate surface area is 200 Å². The standard InChI is InChI=1S/C26H29ClN4O2/c27-23-8-6-22(7-9-23)26(21-4-2-1-3-5-21)31-16-14-30(15-17-31)18-19-33-20-25(32)29-24-10-12-28-13-11-24/h1-13,26H,14-20H2,(H,28,29,32). The van der Waals surface area contributed by atoms with Crippen molar-refractivity contribution in [3.8, 4) is 0 Å². The summed E-state index contributed by atoms with van der Waals surface area (Å²) >= 11 is 6.13. The lowest BCUT2D eigenvalue weighted by atomic mass is 9.96. The number of carbonyl (C=O) groups is 1. The van der Waals surface area contributed by atoms with E-state index in [0.29, 0.717) is 6.61 Å². The van der Waals surface area contributed by atoms with E-state index < -0.39 is 0 Å². The van der Waals surface area contributed by atoms with E-state index in [1.54, 1.807) is 24.5 Å². The van der Waals surface area contributed by atoms with Gasteiger partial charge in [0.25, 0.3) is 0 Å². The van der Waals surface area contributed by atoms with Crippen LogP contribution < -0.4 is 5.32 Å². The minimum atomic E-state index is -0.153. The van der Waals surface area contributed by atoms with Crippen LogP contribution in [0.2, 0.25) is 5.02 Å². The number of carbonyl (C=O) groups excluding carboxylic acids is 1. The molecule has 1 fully saturated rings. The van der Waals surface area contributed by atoms with Crippen LogP contribution >= 0.6 is 11.6 Å². The summed E-state index contributed by atoms with van der Waals surface area (Å²) in [5.41, 5.74) is 3.27. The van der Waals surface area contributed by atoms with Gasteiger partial charge in [0.2, 0.25) is 5.91 Å². The predicted molar refractivity (Wildman–Crippen MR) is 131 cm³/mol. The van der Waals surface area contributed by atoms with Gasteiger partial charge in [-0.25, -0.2) is 0 Å². The number of halogens is 1. The van der Waals surface area contributed by atoms with Gasteiger partial charge in [0.05, 0.1) is 12.6 Å². The van der Waals surface area contributed by atoms with E-state index in [1.165, 1.54) is 11.1 Å². The highest BCUT2D eigenvalue weighted by atomic mass is 35.5. The van der Waals surface area contributed by atoms with Crippen molar-refractivity contribution >= 4 is 23.2 Å². The van der Waals surface area contributed by atoms with E-state index in [4.69, 9.17) is 16.3 Å². The molecule has 0 spiro atoms. The van der Waals surface area contributed by atoms with E-state index in [9.17, 15) is 4.79 Å². The Bertz CT molecular complexity index is 994. The molecule has 33 heavy (non-hydrogen) atoms. The van der Waals surface area contributed by atoms with Crippen molar-refractivity contribution in [3.05, 3.63) is 95.3 Å². The molecule has 1 aliphatic heterocycles. The second kappa shape index (κ2) is 11.9. The molecule has 1 atom stereocenters. The number of aromatic nitrogens is 1. The number of hydrogen-bond acceptors (Lipinski definition) is 5. The fraction of sp³-hybridized carbons (Fsp3) is 0.308. The maximum atomic E-state index is 12.0. The first-order chi connectivity index (χ1) is 16.2. The van der Waals surface area contributed by atoms with Crippen molar-refractivity contribution in [1.82, 2.24) is 14.8 Å². The van der Waals surface area contributed by atoms with Crippen molar-refractivity contribution < 1.29 is 9.53 Å². The molecule has 1 N–H and O–H groups in total. The van der Waals surface area contributed by atoms with Gasteiger partial charge < -0.3 is 10.1 Å². The van der Waals surface area contributed by atoms with Gasteiger partial charge in [-0.2, -0.15) is 0 Å². The lowest BCUT2D eigenvalue weighted by Crippen LogP contribution is -2.48. The van der Waals surface area contributed by atoms with Gasteiger partial charge in [-0.15, -0.1) is 0 Å². The third kappa shape index (κ3) is 6.85. The molecular weight excluding hydrogens is 436 g/mol. The number of rotatable bonds is 9. The Balaban J connectivity index is 1.25. The number of nitrogens with one attached hydrogen (secondary N) is 1. The number of ether oxygens (including phenoxy) is 1. The van der Waals surface area contributed by atoms with E-state index in [1.807, 2.05) is 12.1 Å². The predicted octanol–water partition coefficient (Wildman–Crippen LogP) is 4.10. The fourth-order valence-corrected chi connectivity index (χ4v) is 4.26. The third-order valence-corrected chi connectivity index (χ3v) is 6.07. The number of pyridine rings is 1. The Morgan fingerprint density at radius 3 is 2.30 bits per heavy atom. The average Bonchev–Trinajstić information content (AvgIpc) is 2.85. The molecular formula is C26H29ClN4O2. The van der Waals surface area contributed by atoms with Gasteiger partial charge in [0.1, 0.15) is 6.61 Å². The largest absolute Gasteiger partial charge is 0.370 e. The zero-order valence-electron chi connectivity index (χ0n) is 18.6. The first kappa shape index (κ1) is 23.4. The van der Waals surface area contributed by atoms with E-state index in [2.05, 4.69) is 62.6 Å². The van der Waals surface area contributed by atoms with Crippen LogP contribution in [0, 0.1) is 0 Å². The van der Waals surface area contributed by atoms with Crippen molar-refractivity contribution in [1.29, 1.82) is 0 Å². The fourth-order valence-electron chi connectivity index (χ4n) is 4.13. The maximum Gasteiger partial charge on any atom is 0.250 e. The number of hydrogen-bond donors (Lipinski definition) is 1. The molecule has 1 saturated heterocycles. The van der Waals surface area contributed by atoms with Gasteiger partial charge in [-0.05, 0) is 35.4 Å². The molecule has 0 radical (unpaired) electrons. The lowest BCUT2D eigenvalue weighted by Gasteiger charge is -2.39. The number of anilines is 1. The Hall–Kier alpha value is -2.77. The van der Waals surface area contributed by atoms with Gasteiger partial charge in [-0.3, -0.25) is 19.6 Å². The Morgan fingerprint density at radius 2 is 1.61 bits per heavy atom. The first-order valence-corrected chi connectivity index (χ1v) is 11.6. The molecule has 1 aliphatic rings. The summed E-state index contributed by atoms with van der Waals surface area (Å²) in [7, 11) is 0. The minimum Gasteiger partial charge on any atom is -0.370 e. The van der Waals surface area contributed by atoms with Crippen LogP contribution in [-0.4, -0.2) is 66.6 Å². The van der Waals surface area contributed by atoms with Crippen LogP contribution in [0.25, 0.3) is 0 Å². The van der Waals surface area contributed by atoms with Gasteiger partial charge in [-0.1, -0.05) is 54.1 Å². The van der Waals surface area contributed by atoms with Crippen molar-refractivity contribution in [2.24, 2.45) is 0 Å². The number of nitrogens with zero attached hydrogens (tertiary/aromatic N) is 3. The van der Waals surface area contributed by atoms with Crippen LogP contribution in [-0.2, 0) is 9.53 Å². The molecule has 2 heterocycles. The van der Waals surface area contributed by atoms with Crippen LogP contribution in [0.3, 0.4) is 0 Å². The second-order valence-electron chi connectivity index (χ2n) is 8.08. The molecule has 1 aromatic heterocycles. The molecule has 1 unspecified atom stereocenters. The highest BCUT2D eigenvalue weighted by Gasteiger charge is 2.26. The summed E-state index contributed by atoms with van der Waals surface area (Å²) in [6.07, 6.45) is 3.29. The molecule has 0 aliphatic carbocycles. The second-order valence-corrected chi connectivity index (χ2v) is 8.52. The molecule has 4 rings (SSSR count). The normalized spacial score (nSPS) is 15.8.